The number of aliphatic imine (C=N–C) groups is 1. The molecule has 0 aliphatic carbocycles. The fourth-order valence-electron chi connectivity index (χ4n) is 3.26. The van der Waals surface area contributed by atoms with E-state index in [1.165, 1.54) is 11.8 Å². The number of carbonyl (C=O) groups excluding carboxylic acids is 2. The van der Waals surface area contributed by atoms with Gasteiger partial charge in [0.1, 0.15) is 0 Å². The van der Waals surface area contributed by atoms with Gasteiger partial charge in [-0.05, 0) is 45.4 Å². The molecule has 8 heteroatoms. The summed E-state index contributed by atoms with van der Waals surface area (Å²) in [6, 6.07) is 4.87. The van der Waals surface area contributed by atoms with E-state index in [2.05, 4.69) is 4.99 Å². The van der Waals surface area contributed by atoms with Gasteiger partial charge in [0.05, 0.1) is 42.9 Å². The molecule has 1 aromatic rings. The fourth-order valence-corrected chi connectivity index (χ4v) is 4.20. The molecule has 1 amide bonds. The van der Waals surface area contributed by atoms with E-state index in [0.717, 1.165) is 5.56 Å². The molecule has 2 aliphatic rings. The molecule has 0 unspecified atom stereocenters. The van der Waals surface area contributed by atoms with Crippen molar-refractivity contribution in [3.8, 4) is 11.5 Å². The van der Waals surface area contributed by atoms with E-state index < -0.39 is 12.0 Å². The summed E-state index contributed by atoms with van der Waals surface area (Å²) in [6.45, 7) is 8.54. The van der Waals surface area contributed by atoms with Crippen molar-refractivity contribution in [1.29, 1.82) is 0 Å². The average molecular weight is 404 g/mol. The lowest BCUT2D eigenvalue weighted by Crippen LogP contribution is -2.39. The minimum absolute atomic E-state index is 0.0881. The SMILES string of the molecule is CCOC(=O)C1=C(C)N=C2SCC(=O)N2[C@@H]1c1ccc(OCC)c(OCC)c1. The number of hydrogen-bond donors (Lipinski definition) is 0. The van der Waals surface area contributed by atoms with Crippen LogP contribution in [0.1, 0.15) is 39.3 Å². The summed E-state index contributed by atoms with van der Waals surface area (Å²) >= 11 is 1.37. The number of nitrogens with zero attached hydrogens (tertiary/aromatic N) is 2. The summed E-state index contributed by atoms with van der Waals surface area (Å²) in [6.07, 6.45) is 0. The van der Waals surface area contributed by atoms with Crippen LogP contribution in [0.4, 0.5) is 0 Å². The van der Waals surface area contributed by atoms with Crippen LogP contribution in [0, 0.1) is 0 Å². The summed E-state index contributed by atoms with van der Waals surface area (Å²) in [4.78, 5) is 31.4. The first-order valence-corrected chi connectivity index (χ1v) is 10.3. The highest BCUT2D eigenvalue weighted by molar-refractivity contribution is 8.15. The van der Waals surface area contributed by atoms with E-state index in [1.807, 2.05) is 26.0 Å². The molecule has 0 N–H and O–H groups in total. The lowest BCUT2D eigenvalue weighted by Gasteiger charge is -2.33. The molecule has 3 rings (SSSR count). The predicted octanol–water partition coefficient (Wildman–Crippen LogP) is 3.31. The number of esters is 1. The Hall–Kier alpha value is -2.48. The number of ether oxygens (including phenoxy) is 3. The third-order valence-electron chi connectivity index (χ3n) is 4.36. The Morgan fingerprint density at radius 1 is 1.18 bits per heavy atom. The van der Waals surface area contributed by atoms with Gasteiger partial charge in [0, 0.05) is 0 Å². The second kappa shape index (κ2) is 8.68. The van der Waals surface area contributed by atoms with Gasteiger partial charge in [-0.3, -0.25) is 9.69 Å². The molecule has 28 heavy (non-hydrogen) atoms. The van der Waals surface area contributed by atoms with Crippen LogP contribution in [0.5, 0.6) is 11.5 Å². The molecule has 0 spiro atoms. The normalized spacial score (nSPS) is 18.7. The highest BCUT2D eigenvalue weighted by Gasteiger charge is 2.43. The largest absolute Gasteiger partial charge is 0.490 e. The van der Waals surface area contributed by atoms with E-state index in [9.17, 15) is 9.59 Å². The second-order valence-corrected chi connectivity index (χ2v) is 7.08. The van der Waals surface area contributed by atoms with Crippen molar-refractivity contribution in [2.45, 2.75) is 33.7 Å². The number of amidine groups is 1. The van der Waals surface area contributed by atoms with E-state index in [0.29, 0.717) is 46.9 Å². The number of carbonyl (C=O) groups is 2. The first-order valence-electron chi connectivity index (χ1n) is 9.32. The second-order valence-electron chi connectivity index (χ2n) is 6.14. The molecule has 0 bridgehead atoms. The highest BCUT2D eigenvalue weighted by atomic mass is 32.2. The zero-order valence-corrected chi connectivity index (χ0v) is 17.3. The Kier molecular flexibility index (Phi) is 6.28. The summed E-state index contributed by atoms with van der Waals surface area (Å²) in [5.41, 5.74) is 1.68. The Balaban J connectivity index is 2.12. The summed E-state index contributed by atoms with van der Waals surface area (Å²) in [7, 11) is 0. The van der Waals surface area contributed by atoms with Gasteiger partial charge in [-0.25, -0.2) is 9.79 Å². The predicted molar refractivity (Wildman–Crippen MR) is 108 cm³/mol. The number of hydrogen-bond acceptors (Lipinski definition) is 7. The number of thioether (sulfide) groups is 1. The van der Waals surface area contributed by atoms with Crippen LogP contribution in [-0.2, 0) is 14.3 Å². The van der Waals surface area contributed by atoms with Crippen LogP contribution in [0.3, 0.4) is 0 Å². The van der Waals surface area contributed by atoms with Crippen molar-refractivity contribution in [2.75, 3.05) is 25.6 Å². The van der Waals surface area contributed by atoms with Crippen LogP contribution in [0.15, 0.2) is 34.5 Å². The molecule has 7 nitrogen and oxygen atoms in total. The number of amides is 1. The third-order valence-corrected chi connectivity index (χ3v) is 5.30. The molecule has 0 aromatic heterocycles. The van der Waals surface area contributed by atoms with Crippen LogP contribution in [0.25, 0.3) is 0 Å². The zero-order chi connectivity index (χ0) is 20.3. The minimum atomic E-state index is -0.607. The lowest BCUT2D eigenvalue weighted by molar-refractivity contribution is -0.139. The third kappa shape index (κ3) is 3.73. The van der Waals surface area contributed by atoms with Gasteiger partial charge in [0.25, 0.3) is 0 Å². The molecule has 2 heterocycles. The number of rotatable bonds is 7. The zero-order valence-electron chi connectivity index (χ0n) is 16.5. The van der Waals surface area contributed by atoms with E-state index in [-0.39, 0.29) is 12.5 Å². The maximum absolute atomic E-state index is 12.7. The fraction of sp³-hybridized carbons (Fsp3) is 0.450. The Labute approximate surface area is 168 Å². The summed E-state index contributed by atoms with van der Waals surface area (Å²) in [5.74, 6) is 0.942. The van der Waals surface area contributed by atoms with Crippen LogP contribution >= 0.6 is 11.8 Å². The van der Waals surface area contributed by atoms with E-state index in [1.54, 1.807) is 24.8 Å². The molecular formula is C20H24N2O5S. The van der Waals surface area contributed by atoms with Gasteiger partial charge in [-0.1, -0.05) is 17.8 Å². The highest BCUT2D eigenvalue weighted by Crippen LogP contribution is 2.43. The monoisotopic (exact) mass is 404 g/mol. The average Bonchev–Trinajstić information content (AvgIpc) is 3.03. The molecular weight excluding hydrogens is 380 g/mol. The minimum Gasteiger partial charge on any atom is -0.490 e. The smallest absolute Gasteiger partial charge is 0.338 e. The van der Waals surface area contributed by atoms with Gasteiger partial charge in [0.15, 0.2) is 16.7 Å². The quantitative estimate of drug-likeness (QED) is 0.649. The van der Waals surface area contributed by atoms with Crippen molar-refractivity contribution in [3.05, 3.63) is 35.0 Å². The molecule has 2 aliphatic heterocycles. The van der Waals surface area contributed by atoms with Gasteiger partial charge >= 0.3 is 5.97 Å². The molecule has 1 fully saturated rings. The van der Waals surface area contributed by atoms with Crippen molar-refractivity contribution in [1.82, 2.24) is 4.90 Å². The number of allylic oxidation sites excluding steroid dienone is 1. The van der Waals surface area contributed by atoms with Crippen molar-refractivity contribution in [3.63, 3.8) is 0 Å². The van der Waals surface area contributed by atoms with Gasteiger partial charge in [-0.2, -0.15) is 0 Å². The van der Waals surface area contributed by atoms with Crippen molar-refractivity contribution < 1.29 is 23.8 Å². The molecule has 150 valence electrons. The van der Waals surface area contributed by atoms with Crippen molar-refractivity contribution >= 4 is 28.8 Å². The van der Waals surface area contributed by atoms with E-state index >= 15 is 0 Å². The topological polar surface area (TPSA) is 77.4 Å². The van der Waals surface area contributed by atoms with Gasteiger partial charge in [-0.15, -0.1) is 0 Å². The maximum atomic E-state index is 12.7. The Bertz CT molecular complexity index is 849. The maximum Gasteiger partial charge on any atom is 0.338 e. The summed E-state index contributed by atoms with van der Waals surface area (Å²) < 4.78 is 16.6. The number of fused-ring (bicyclic) bond motifs is 1. The van der Waals surface area contributed by atoms with Gasteiger partial charge in [0.2, 0.25) is 5.91 Å². The van der Waals surface area contributed by atoms with Crippen LogP contribution in [-0.4, -0.2) is 47.5 Å². The van der Waals surface area contributed by atoms with Crippen molar-refractivity contribution in [2.24, 2.45) is 4.99 Å². The standard InChI is InChI=1S/C20H24N2O5S/c1-5-25-14-9-8-13(10-15(14)26-6-2)18-17(19(24)27-7-3)12(4)21-20-22(18)16(23)11-28-20/h8-10,18H,5-7,11H2,1-4H3/t18-/m1/s1. The Morgan fingerprint density at radius 3 is 2.57 bits per heavy atom. The number of benzene rings is 1. The molecule has 1 atom stereocenters. The molecule has 0 saturated carbocycles. The molecule has 1 aromatic carbocycles. The lowest BCUT2D eigenvalue weighted by atomic mass is 9.94. The van der Waals surface area contributed by atoms with E-state index in [4.69, 9.17) is 14.2 Å². The molecule has 1 saturated heterocycles. The Morgan fingerprint density at radius 2 is 1.89 bits per heavy atom. The van der Waals surface area contributed by atoms with Gasteiger partial charge < -0.3 is 14.2 Å². The first-order chi connectivity index (χ1) is 13.5. The van der Waals surface area contributed by atoms with Crippen LogP contribution < -0.4 is 9.47 Å². The van der Waals surface area contributed by atoms with Crippen LogP contribution in [0.2, 0.25) is 0 Å². The summed E-state index contributed by atoms with van der Waals surface area (Å²) in [5, 5.41) is 0.604. The molecule has 0 radical (unpaired) electrons. The first kappa shape index (κ1) is 20.3.